The molecule has 0 aromatic carbocycles. The maximum Gasteiger partial charge on any atom is 0.266 e. The monoisotopic (exact) mass is 208 g/mol. The van der Waals surface area contributed by atoms with Crippen LogP contribution in [0.1, 0.15) is 25.7 Å². The van der Waals surface area contributed by atoms with Gasteiger partial charge in [0.2, 0.25) is 0 Å². The molecule has 0 spiro atoms. The minimum atomic E-state index is -1.67. The van der Waals surface area contributed by atoms with Crippen LogP contribution in [0.4, 0.5) is 17.6 Å². The van der Waals surface area contributed by atoms with E-state index in [1.807, 2.05) is 0 Å². The van der Waals surface area contributed by atoms with Gasteiger partial charge in [0.1, 0.15) is 0 Å². The van der Waals surface area contributed by atoms with Crippen molar-refractivity contribution in [2.75, 3.05) is 0 Å². The van der Waals surface area contributed by atoms with Crippen LogP contribution in [0.15, 0.2) is 24.3 Å². The maximum atomic E-state index is 11.9. The predicted molar refractivity (Wildman–Crippen MR) is 46.0 cm³/mol. The lowest BCUT2D eigenvalue weighted by Crippen LogP contribution is -2.11. The van der Waals surface area contributed by atoms with Gasteiger partial charge in [-0.1, -0.05) is 0 Å². The van der Waals surface area contributed by atoms with E-state index in [4.69, 9.17) is 0 Å². The molecule has 1 saturated carbocycles. The van der Waals surface area contributed by atoms with E-state index in [1.165, 1.54) is 0 Å². The molecule has 0 bridgehead atoms. The molecule has 4 heteroatoms. The Hall–Kier alpha value is -0.800. The Balaban J connectivity index is 2.39. The standard InChI is InChI=1S/C10H12F4/c11-9(12)5-7-1-2-8(4-3-7)6-10(13)14/h5-8H,1-4H2. The molecular weight excluding hydrogens is 196 g/mol. The minimum Gasteiger partial charge on any atom is -0.174 e. The van der Waals surface area contributed by atoms with Gasteiger partial charge in [0.15, 0.2) is 0 Å². The minimum absolute atomic E-state index is 0.132. The molecule has 0 atom stereocenters. The lowest BCUT2D eigenvalue weighted by atomic mass is 9.82. The van der Waals surface area contributed by atoms with Gasteiger partial charge in [-0.05, 0) is 49.7 Å². The number of halogens is 4. The molecule has 14 heavy (non-hydrogen) atoms. The van der Waals surface area contributed by atoms with Crippen molar-refractivity contribution in [2.24, 2.45) is 11.8 Å². The van der Waals surface area contributed by atoms with Crippen LogP contribution in [-0.2, 0) is 0 Å². The normalized spacial score (nSPS) is 26.9. The molecule has 1 rings (SSSR count). The Morgan fingerprint density at radius 1 is 0.714 bits per heavy atom. The second-order valence-corrected chi connectivity index (χ2v) is 3.59. The molecule has 1 aliphatic rings. The van der Waals surface area contributed by atoms with E-state index in [0.717, 1.165) is 12.2 Å². The molecule has 0 amide bonds. The van der Waals surface area contributed by atoms with Gasteiger partial charge in [0.05, 0.1) is 0 Å². The number of hydrogen-bond donors (Lipinski definition) is 0. The molecule has 0 aromatic heterocycles. The van der Waals surface area contributed by atoms with Crippen molar-refractivity contribution in [1.29, 1.82) is 0 Å². The highest BCUT2D eigenvalue weighted by molar-refractivity contribution is 4.96. The van der Waals surface area contributed by atoms with Gasteiger partial charge >= 0.3 is 0 Å². The smallest absolute Gasteiger partial charge is 0.174 e. The summed E-state index contributed by atoms with van der Waals surface area (Å²) in [5, 5.41) is 0. The van der Waals surface area contributed by atoms with Crippen molar-refractivity contribution < 1.29 is 17.6 Å². The summed E-state index contributed by atoms with van der Waals surface area (Å²) < 4.78 is 47.4. The Morgan fingerprint density at radius 3 is 1.21 bits per heavy atom. The first kappa shape index (κ1) is 11.3. The third kappa shape index (κ3) is 3.94. The summed E-state index contributed by atoms with van der Waals surface area (Å²) in [6, 6.07) is 0. The lowest BCUT2D eigenvalue weighted by molar-refractivity contribution is 0.324. The third-order valence-corrected chi connectivity index (χ3v) is 2.54. The van der Waals surface area contributed by atoms with Crippen LogP contribution in [-0.4, -0.2) is 0 Å². The lowest BCUT2D eigenvalue weighted by Gasteiger charge is -2.23. The van der Waals surface area contributed by atoms with Gasteiger partial charge in [-0.15, -0.1) is 0 Å². The van der Waals surface area contributed by atoms with E-state index in [1.54, 1.807) is 0 Å². The second kappa shape index (κ2) is 5.17. The van der Waals surface area contributed by atoms with Gasteiger partial charge in [-0.25, -0.2) is 0 Å². The van der Waals surface area contributed by atoms with E-state index in [-0.39, 0.29) is 11.8 Å². The first-order valence-corrected chi connectivity index (χ1v) is 4.63. The summed E-state index contributed by atoms with van der Waals surface area (Å²) in [6.45, 7) is 0. The van der Waals surface area contributed by atoms with E-state index < -0.39 is 12.2 Å². The number of allylic oxidation sites excluding steroid dienone is 2. The number of hydrogen-bond acceptors (Lipinski definition) is 0. The van der Waals surface area contributed by atoms with Crippen LogP contribution in [0, 0.1) is 11.8 Å². The summed E-state index contributed by atoms with van der Waals surface area (Å²) in [5.74, 6) is -0.264. The largest absolute Gasteiger partial charge is 0.266 e. The van der Waals surface area contributed by atoms with Crippen LogP contribution in [0.5, 0.6) is 0 Å². The van der Waals surface area contributed by atoms with Crippen molar-refractivity contribution in [3.05, 3.63) is 24.3 Å². The van der Waals surface area contributed by atoms with Crippen LogP contribution in [0.25, 0.3) is 0 Å². The number of rotatable bonds is 2. The summed E-state index contributed by atoms with van der Waals surface area (Å²) in [4.78, 5) is 0. The van der Waals surface area contributed by atoms with Crippen molar-refractivity contribution in [3.63, 3.8) is 0 Å². The summed E-state index contributed by atoms with van der Waals surface area (Å²) in [5.41, 5.74) is 0. The molecule has 0 nitrogen and oxygen atoms in total. The summed E-state index contributed by atoms with van der Waals surface area (Å²) in [7, 11) is 0. The zero-order valence-corrected chi connectivity index (χ0v) is 7.65. The van der Waals surface area contributed by atoms with Crippen LogP contribution in [0.3, 0.4) is 0 Å². The van der Waals surface area contributed by atoms with Gasteiger partial charge in [0.25, 0.3) is 12.2 Å². The Kier molecular flexibility index (Phi) is 4.17. The van der Waals surface area contributed by atoms with E-state index in [2.05, 4.69) is 0 Å². The first-order valence-electron chi connectivity index (χ1n) is 4.63. The van der Waals surface area contributed by atoms with E-state index in [9.17, 15) is 17.6 Å². The molecule has 1 aliphatic carbocycles. The average Bonchev–Trinajstić information content (AvgIpc) is 2.06. The first-order chi connectivity index (χ1) is 6.58. The van der Waals surface area contributed by atoms with Crippen LogP contribution >= 0.6 is 0 Å². The SMILES string of the molecule is FC(F)=CC1CCC(C=C(F)F)CC1. The molecule has 0 aromatic rings. The molecule has 1 fully saturated rings. The second-order valence-electron chi connectivity index (χ2n) is 3.59. The third-order valence-electron chi connectivity index (χ3n) is 2.54. The quantitative estimate of drug-likeness (QED) is 0.591. The topological polar surface area (TPSA) is 0 Å². The van der Waals surface area contributed by atoms with Crippen molar-refractivity contribution in [3.8, 4) is 0 Å². The van der Waals surface area contributed by atoms with Gasteiger partial charge in [-0.2, -0.15) is 17.6 Å². The highest BCUT2D eigenvalue weighted by atomic mass is 19.3. The van der Waals surface area contributed by atoms with Gasteiger partial charge in [0, 0.05) is 0 Å². The Labute approximate surface area is 80.3 Å². The fraction of sp³-hybridized carbons (Fsp3) is 0.600. The van der Waals surface area contributed by atoms with Gasteiger partial charge in [-0.3, -0.25) is 0 Å². The fourth-order valence-electron chi connectivity index (χ4n) is 1.83. The van der Waals surface area contributed by atoms with E-state index >= 15 is 0 Å². The summed E-state index contributed by atoms with van der Waals surface area (Å²) in [6.07, 6.45) is 0.841. The molecule has 0 unspecified atom stereocenters. The zero-order valence-electron chi connectivity index (χ0n) is 7.65. The predicted octanol–water partition coefficient (Wildman–Crippen LogP) is 4.35. The van der Waals surface area contributed by atoms with E-state index in [0.29, 0.717) is 25.7 Å². The van der Waals surface area contributed by atoms with Crippen molar-refractivity contribution in [1.82, 2.24) is 0 Å². The molecule has 0 N–H and O–H groups in total. The Bertz CT molecular complexity index is 203. The highest BCUT2D eigenvalue weighted by Gasteiger charge is 2.19. The molecule has 0 aliphatic heterocycles. The maximum absolute atomic E-state index is 11.9. The molecule has 0 saturated heterocycles. The zero-order chi connectivity index (χ0) is 10.6. The molecular formula is C10H12F4. The van der Waals surface area contributed by atoms with Gasteiger partial charge < -0.3 is 0 Å². The average molecular weight is 208 g/mol. The fourth-order valence-corrected chi connectivity index (χ4v) is 1.83. The van der Waals surface area contributed by atoms with Crippen molar-refractivity contribution in [2.45, 2.75) is 25.7 Å². The highest BCUT2D eigenvalue weighted by Crippen LogP contribution is 2.32. The molecule has 0 heterocycles. The molecule has 80 valence electrons. The van der Waals surface area contributed by atoms with Crippen molar-refractivity contribution >= 4 is 0 Å². The van der Waals surface area contributed by atoms with Crippen LogP contribution in [0.2, 0.25) is 0 Å². The Morgan fingerprint density at radius 2 is 1.00 bits per heavy atom. The molecule has 0 radical (unpaired) electrons. The summed E-state index contributed by atoms with van der Waals surface area (Å²) >= 11 is 0. The van der Waals surface area contributed by atoms with Crippen LogP contribution < -0.4 is 0 Å².